The van der Waals surface area contributed by atoms with Crippen molar-refractivity contribution in [2.24, 2.45) is 12.8 Å². The smallest absolute Gasteiger partial charge is 0.306 e. The van der Waals surface area contributed by atoms with Gasteiger partial charge >= 0.3 is 6.01 Å². The molecule has 0 spiro atoms. The Morgan fingerprint density at radius 2 is 1.92 bits per heavy atom. The molecule has 0 saturated carbocycles. The molecule has 4 aromatic rings. The second-order valence-electron chi connectivity index (χ2n) is 9.61. The summed E-state index contributed by atoms with van der Waals surface area (Å²) < 4.78 is 15.1. The fourth-order valence-electron chi connectivity index (χ4n) is 4.59. The number of nitrogens with two attached hydrogens (primary N) is 1. The van der Waals surface area contributed by atoms with Gasteiger partial charge in [-0.25, -0.2) is 0 Å². The highest BCUT2D eigenvalue weighted by atomic mass is 35.5. The quantitative estimate of drug-likeness (QED) is 0.385. The van der Waals surface area contributed by atoms with E-state index in [0.717, 1.165) is 24.9 Å². The van der Waals surface area contributed by atoms with Crippen molar-refractivity contribution in [2.45, 2.75) is 45.4 Å². The van der Waals surface area contributed by atoms with E-state index in [2.05, 4.69) is 9.88 Å². The molecule has 37 heavy (non-hydrogen) atoms. The minimum absolute atomic E-state index is 0.0255. The topological polar surface area (TPSA) is 100 Å². The van der Waals surface area contributed by atoms with Crippen LogP contribution in [0, 0.1) is 0 Å². The monoisotopic (exact) mass is 522 g/mol. The third-order valence-electron chi connectivity index (χ3n) is 6.34. The number of aromatic nitrogens is 4. The van der Waals surface area contributed by atoms with E-state index in [1.165, 1.54) is 4.57 Å². The van der Waals surface area contributed by atoms with E-state index in [9.17, 15) is 4.79 Å². The average molecular weight is 523 g/mol. The van der Waals surface area contributed by atoms with E-state index < -0.39 is 0 Å². The van der Waals surface area contributed by atoms with Crippen LogP contribution >= 0.6 is 11.6 Å². The highest BCUT2D eigenvalue weighted by Gasteiger charge is 2.26. The summed E-state index contributed by atoms with van der Waals surface area (Å²) in [6.07, 6.45) is 1.93. The maximum absolute atomic E-state index is 13.7. The molecule has 3 heterocycles. The Kier molecular flexibility index (Phi) is 7.08. The van der Waals surface area contributed by atoms with Crippen LogP contribution in [0.4, 0.5) is 5.95 Å². The lowest BCUT2D eigenvalue weighted by Gasteiger charge is -2.31. The zero-order valence-electron chi connectivity index (χ0n) is 21.2. The lowest BCUT2D eigenvalue weighted by atomic mass is 10.1. The molecule has 1 saturated heterocycles. The molecule has 1 fully saturated rings. The van der Waals surface area contributed by atoms with Crippen molar-refractivity contribution >= 4 is 28.7 Å². The Hall–Kier alpha value is -3.56. The first kappa shape index (κ1) is 25.1. The van der Waals surface area contributed by atoms with Gasteiger partial charge in [-0.15, -0.1) is 0 Å². The third-order valence-corrected chi connectivity index (χ3v) is 6.71. The Bertz CT molecular complexity index is 1480. The van der Waals surface area contributed by atoms with Gasteiger partial charge in [0.05, 0.1) is 12.6 Å². The lowest BCUT2D eigenvalue weighted by Crippen LogP contribution is -2.44. The maximum atomic E-state index is 13.7. The van der Waals surface area contributed by atoms with Crippen LogP contribution in [0.5, 0.6) is 17.5 Å². The summed E-state index contributed by atoms with van der Waals surface area (Å²) in [7, 11) is 1.64. The number of hydrogen-bond donors (Lipinski definition) is 1. The summed E-state index contributed by atoms with van der Waals surface area (Å²) in [6.45, 7) is 5.74. The van der Waals surface area contributed by atoms with Crippen LogP contribution in [-0.2, 0) is 13.6 Å². The Morgan fingerprint density at radius 1 is 1.14 bits per heavy atom. The molecule has 0 bridgehead atoms. The summed E-state index contributed by atoms with van der Waals surface area (Å²) >= 11 is 6.49. The van der Waals surface area contributed by atoms with Crippen molar-refractivity contribution in [3.05, 3.63) is 69.5 Å². The van der Waals surface area contributed by atoms with Gasteiger partial charge in [-0.2, -0.15) is 9.97 Å². The molecule has 1 aliphatic heterocycles. The first-order valence-corrected chi connectivity index (χ1v) is 12.8. The minimum atomic E-state index is -0.262. The summed E-state index contributed by atoms with van der Waals surface area (Å²) in [5.41, 5.74) is 7.60. The first-order valence-electron chi connectivity index (χ1n) is 12.5. The van der Waals surface area contributed by atoms with Crippen LogP contribution in [0.1, 0.15) is 32.3 Å². The van der Waals surface area contributed by atoms with Crippen LogP contribution in [-0.4, -0.2) is 44.3 Å². The van der Waals surface area contributed by atoms with Crippen molar-refractivity contribution in [3.8, 4) is 17.5 Å². The summed E-state index contributed by atoms with van der Waals surface area (Å²) in [6, 6.07) is 15.0. The summed E-state index contributed by atoms with van der Waals surface area (Å²) in [4.78, 5) is 25.3. The highest BCUT2D eigenvalue weighted by molar-refractivity contribution is 6.31. The van der Waals surface area contributed by atoms with E-state index in [-0.39, 0.29) is 23.7 Å². The molecule has 0 radical (unpaired) electrons. The van der Waals surface area contributed by atoms with Crippen molar-refractivity contribution in [1.82, 2.24) is 19.1 Å². The van der Waals surface area contributed by atoms with Gasteiger partial charge in [0.25, 0.3) is 5.56 Å². The molecular weight excluding hydrogens is 492 g/mol. The van der Waals surface area contributed by atoms with Crippen molar-refractivity contribution in [1.29, 1.82) is 0 Å². The number of ether oxygens (including phenoxy) is 2. The number of anilines is 1. The lowest BCUT2D eigenvalue weighted by molar-refractivity contribution is 0.241. The molecule has 9 nitrogen and oxygen atoms in total. The molecule has 194 valence electrons. The number of imidazole rings is 1. The maximum Gasteiger partial charge on any atom is 0.306 e. The van der Waals surface area contributed by atoms with E-state index in [0.29, 0.717) is 46.7 Å². The molecule has 0 aliphatic carbocycles. The molecular formula is C27H31ClN6O3. The first-order chi connectivity index (χ1) is 17.8. The number of piperidine rings is 1. The second-order valence-corrected chi connectivity index (χ2v) is 10.0. The molecule has 2 aromatic heterocycles. The van der Waals surface area contributed by atoms with Gasteiger partial charge in [0.15, 0.2) is 11.2 Å². The third kappa shape index (κ3) is 5.28. The normalized spacial score (nSPS) is 15.9. The van der Waals surface area contributed by atoms with Crippen molar-refractivity contribution in [3.63, 3.8) is 0 Å². The highest BCUT2D eigenvalue weighted by Crippen LogP contribution is 2.29. The van der Waals surface area contributed by atoms with Gasteiger partial charge in [0.2, 0.25) is 5.95 Å². The number of fused-ring (bicyclic) bond motifs is 1. The predicted octanol–water partition coefficient (Wildman–Crippen LogP) is 4.34. The van der Waals surface area contributed by atoms with Crippen LogP contribution in [0.25, 0.3) is 11.2 Å². The van der Waals surface area contributed by atoms with Crippen LogP contribution in [0.3, 0.4) is 0 Å². The molecule has 10 heteroatoms. The van der Waals surface area contributed by atoms with Gasteiger partial charge in [0.1, 0.15) is 11.5 Å². The van der Waals surface area contributed by atoms with Gasteiger partial charge < -0.3 is 20.1 Å². The fourth-order valence-corrected chi connectivity index (χ4v) is 4.78. The van der Waals surface area contributed by atoms with Crippen molar-refractivity contribution < 1.29 is 9.47 Å². The van der Waals surface area contributed by atoms with E-state index in [4.69, 9.17) is 31.8 Å². The second kappa shape index (κ2) is 10.4. The van der Waals surface area contributed by atoms with E-state index >= 15 is 0 Å². The molecule has 0 unspecified atom stereocenters. The molecule has 0 amide bonds. The number of nitrogens with zero attached hydrogens (tertiary/aromatic N) is 5. The number of rotatable bonds is 7. The van der Waals surface area contributed by atoms with Crippen LogP contribution < -0.4 is 25.7 Å². The van der Waals surface area contributed by atoms with E-state index in [1.54, 1.807) is 19.2 Å². The number of benzene rings is 2. The van der Waals surface area contributed by atoms with Gasteiger partial charge in [0, 0.05) is 37.3 Å². The minimum Gasteiger partial charge on any atom is -0.491 e. The Morgan fingerprint density at radius 3 is 2.68 bits per heavy atom. The predicted molar refractivity (Wildman–Crippen MR) is 145 cm³/mol. The van der Waals surface area contributed by atoms with Gasteiger partial charge in [-0.3, -0.25) is 13.9 Å². The SMILES string of the molecule is CC(C)Oc1cccc(Oc2nc3nc(N4CCC[C@@H](N)C4)n(Cc4ccccc4Cl)c3c(=O)n2C)c1. The summed E-state index contributed by atoms with van der Waals surface area (Å²) in [5.74, 6) is 1.84. The molecule has 1 atom stereocenters. The van der Waals surface area contributed by atoms with E-state index in [1.807, 2.05) is 54.8 Å². The van der Waals surface area contributed by atoms with Crippen LogP contribution in [0.15, 0.2) is 53.3 Å². The fraction of sp³-hybridized carbons (Fsp3) is 0.370. The van der Waals surface area contributed by atoms with Gasteiger partial charge in [-0.1, -0.05) is 35.9 Å². The van der Waals surface area contributed by atoms with Crippen LogP contribution in [0.2, 0.25) is 5.02 Å². The number of halogens is 1. The molecule has 1 aliphatic rings. The summed E-state index contributed by atoms with van der Waals surface area (Å²) in [5, 5.41) is 0.624. The number of hydrogen-bond acceptors (Lipinski definition) is 7. The average Bonchev–Trinajstić information content (AvgIpc) is 3.21. The molecule has 2 N–H and O–H groups in total. The Labute approximate surface area is 220 Å². The molecule has 5 rings (SSSR count). The standard InChI is InChI=1S/C27H31ClN6O3/c1-17(2)36-20-10-6-11-21(14-20)37-27-31-24-23(25(35)32(27)3)34(15-18-8-4-5-12-22(18)28)26(30-24)33-13-7-9-19(29)16-33/h4-6,8,10-12,14,17,19H,7,9,13,15-16,29H2,1-3H3/t19-/m1/s1. The zero-order valence-corrected chi connectivity index (χ0v) is 22.0. The van der Waals surface area contributed by atoms with Gasteiger partial charge in [-0.05, 0) is 50.5 Å². The van der Waals surface area contributed by atoms with Crippen molar-refractivity contribution in [2.75, 3.05) is 18.0 Å². The largest absolute Gasteiger partial charge is 0.491 e. The molecule has 2 aromatic carbocycles. The zero-order chi connectivity index (χ0) is 26.1. The Balaban J connectivity index is 1.60.